The second kappa shape index (κ2) is 6.90. The summed E-state index contributed by atoms with van der Waals surface area (Å²) in [4.78, 5) is 10.8. The fraction of sp³-hybridized carbons (Fsp3) is 0.833. The normalized spacial score (nSPS) is 29.1. The van der Waals surface area contributed by atoms with E-state index in [9.17, 15) is 4.79 Å². The fourth-order valence-electron chi connectivity index (χ4n) is 1.09. The van der Waals surface area contributed by atoms with Crippen molar-refractivity contribution in [3.05, 3.63) is 0 Å². The molecule has 0 radical (unpaired) electrons. The van der Waals surface area contributed by atoms with Gasteiger partial charge in [-0.15, -0.1) is 0 Å². The monoisotopic (exact) mass is 463 g/mol. The summed E-state index contributed by atoms with van der Waals surface area (Å²) in [6, 6.07) is -0.133. The molecule has 0 aromatic rings. The Balaban J connectivity index is 0.000000292. The van der Waals surface area contributed by atoms with Gasteiger partial charge >= 0.3 is 49.6 Å². The third kappa shape index (κ3) is 9.97. The van der Waals surface area contributed by atoms with E-state index in [4.69, 9.17) is 49.1 Å². The number of carbonyl (C=O) groups is 1. The molecule has 1 rings (SSSR count). The summed E-state index contributed by atoms with van der Waals surface area (Å²) < 4.78 is 0. The molecule has 14 heavy (non-hydrogen) atoms. The van der Waals surface area contributed by atoms with E-state index in [0.717, 1.165) is 6.42 Å². The van der Waals surface area contributed by atoms with E-state index in [-0.39, 0.29) is 17.9 Å². The van der Waals surface area contributed by atoms with E-state index in [1.54, 1.807) is 0 Å². The standard InChI is InChI=1S/C6H12N2O.4ClH.Pt/c7-4-1-2-6(9)5(8)3-4;;;;;/h4-5H,1-3,7-8H2;4*1H;/q;;;;;+4/p-4. The third-order valence-corrected chi connectivity index (χ3v) is 1.73. The van der Waals surface area contributed by atoms with Crippen LogP contribution in [0.4, 0.5) is 0 Å². The number of nitrogens with two attached hydrogens (primary N) is 2. The van der Waals surface area contributed by atoms with Crippen molar-refractivity contribution in [1.29, 1.82) is 0 Å². The molecule has 1 saturated carbocycles. The molecule has 0 saturated heterocycles. The molecular weight excluding hydrogens is 453 g/mol. The van der Waals surface area contributed by atoms with Gasteiger partial charge in [0.2, 0.25) is 0 Å². The van der Waals surface area contributed by atoms with Crippen molar-refractivity contribution in [2.24, 2.45) is 11.5 Å². The molecule has 1 aliphatic carbocycles. The topological polar surface area (TPSA) is 69.1 Å². The number of hydrogen-bond donors (Lipinski definition) is 2. The first-order valence-electron chi connectivity index (χ1n) is 3.72. The van der Waals surface area contributed by atoms with Crippen molar-refractivity contribution in [3.8, 4) is 0 Å². The second-order valence-electron chi connectivity index (χ2n) is 2.88. The molecule has 0 aromatic heterocycles. The van der Waals surface area contributed by atoms with Gasteiger partial charge in [0.1, 0.15) is 5.78 Å². The molecule has 3 nitrogen and oxygen atoms in total. The Bertz CT molecular complexity index is 193. The van der Waals surface area contributed by atoms with Gasteiger partial charge in [-0.3, -0.25) is 4.79 Å². The van der Waals surface area contributed by atoms with Crippen LogP contribution in [0.3, 0.4) is 0 Å². The van der Waals surface area contributed by atoms with Gasteiger partial charge in [-0.2, -0.15) is 0 Å². The van der Waals surface area contributed by atoms with Crippen molar-refractivity contribution in [2.75, 3.05) is 0 Å². The van der Waals surface area contributed by atoms with Crippen LogP contribution >= 0.6 is 37.7 Å². The Morgan fingerprint density at radius 2 is 1.64 bits per heavy atom. The number of hydrogen-bond acceptors (Lipinski definition) is 3. The molecule has 1 fully saturated rings. The van der Waals surface area contributed by atoms with Gasteiger partial charge in [0.05, 0.1) is 6.04 Å². The summed E-state index contributed by atoms with van der Waals surface area (Å²) in [6.07, 6.45) is 2.05. The Labute approximate surface area is 102 Å². The van der Waals surface area contributed by atoms with E-state index >= 15 is 0 Å². The van der Waals surface area contributed by atoms with Gasteiger partial charge in [0, 0.05) is 12.5 Å². The maximum atomic E-state index is 10.8. The van der Waals surface area contributed by atoms with E-state index in [1.807, 2.05) is 0 Å². The molecule has 0 amide bonds. The van der Waals surface area contributed by atoms with Crippen LogP contribution in [0, 0.1) is 0 Å². The molecule has 0 aromatic carbocycles. The van der Waals surface area contributed by atoms with Crippen LogP contribution in [-0.4, -0.2) is 17.9 Å². The summed E-state index contributed by atoms with van der Waals surface area (Å²) in [5, 5.41) is 0. The molecule has 8 heteroatoms. The zero-order valence-corrected chi connectivity index (χ0v) is 12.5. The number of ketones is 1. The summed E-state index contributed by atoms with van der Waals surface area (Å²) in [5.41, 5.74) is 11.0. The molecule has 0 heterocycles. The van der Waals surface area contributed by atoms with Crippen LogP contribution in [0.5, 0.6) is 0 Å². The van der Waals surface area contributed by atoms with Gasteiger partial charge < -0.3 is 11.5 Å². The molecule has 4 N–H and O–H groups in total. The molecule has 1 aliphatic rings. The van der Waals surface area contributed by atoms with Gasteiger partial charge in [0.15, 0.2) is 0 Å². The Kier molecular flexibility index (Phi) is 7.61. The van der Waals surface area contributed by atoms with Crippen molar-refractivity contribution in [1.82, 2.24) is 0 Å². The first-order valence-corrected chi connectivity index (χ1v) is 15.0. The number of Topliss-reactive ketones (excluding diaryl/α,β-unsaturated/α-hetero) is 1. The zero-order valence-electron chi connectivity index (χ0n) is 7.17. The minimum absolute atomic E-state index is 0.151. The zero-order chi connectivity index (χ0) is 11.4. The molecule has 0 bridgehead atoms. The summed E-state index contributed by atoms with van der Waals surface area (Å²) >= 11 is -3.06. The molecule has 0 spiro atoms. The maximum absolute atomic E-state index is 10.8. The molecular formula is C6H12Cl4N2OPt. The third-order valence-electron chi connectivity index (χ3n) is 1.73. The first-order chi connectivity index (χ1) is 6.20. The molecule has 2 unspecified atom stereocenters. The number of carbonyl (C=O) groups excluding carboxylic acids is 1. The number of rotatable bonds is 0. The van der Waals surface area contributed by atoms with Gasteiger partial charge in [0.25, 0.3) is 0 Å². The van der Waals surface area contributed by atoms with E-state index in [0.29, 0.717) is 12.8 Å². The fourth-order valence-corrected chi connectivity index (χ4v) is 1.09. The van der Waals surface area contributed by atoms with Crippen LogP contribution < -0.4 is 11.5 Å². The first kappa shape index (κ1) is 15.4. The predicted octanol–water partition coefficient (Wildman–Crippen LogP) is 2.15. The van der Waals surface area contributed by atoms with E-state index in [1.165, 1.54) is 0 Å². The van der Waals surface area contributed by atoms with Crippen molar-refractivity contribution in [2.45, 2.75) is 31.3 Å². The summed E-state index contributed by atoms with van der Waals surface area (Å²) in [7, 11) is 20.0. The average Bonchev–Trinajstić information content (AvgIpc) is 1.94. The number of halogens is 4. The predicted molar refractivity (Wildman–Crippen MR) is 58.2 cm³/mol. The summed E-state index contributed by atoms with van der Waals surface area (Å²) in [6.45, 7) is 0. The molecule has 90 valence electrons. The average molecular weight is 465 g/mol. The van der Waals surface area contributed by atoms with Crippen LogP contribution in [0.1, 0.15) is 19.3 Å². The van der Waals surface area contributed by atoms with Crippen molar-refractivity contribution >= 4 is 43.5 Å². The Hall–Kier alpha value is 1.44. The van der Waals surface area contributed by atoms with Crippen molar-refractivity contribution < 1.29 is 16.7 Å². The Morgan fingerprint density at radius 3 is 1.93 bits per heavy atom. The van der Waals surface area contributed by atoms with Crippen LogP contribution in [0.15, 0.2) is 0 Å². The second-order valence-corrected chi connectivity index (χ2v) is 22.6. The summed E-state index contributed by atoms with van der Waals surface area (Å²) in [5.74, 6) is 0.164. The molecule has 0 aliphatic heterocycles. The quantitative estimate of drug-likeness (QED) is 0.577. The van der Waals surface area contributed by atoms with Crippen LogP contribution in [-0.2, 0) is 16.7 Å². The molecule has 2 atom stereocenters. The SMILES string of the molecule is NC1CCC(=O)C(N)C1.[Cl][Pt]([Cl])([Cl])[Cl]. The van der Waals surface area contributed by atoms with Crippen LogP contribution in [0.2, 0.25) is 0 Å². The van der Waals surface area contributed by atoms with Gasteiger partial charge in [-0.05, 0) is 12.8 Å². The minimum atomic E-state index is -3.06. The van der Waals surface area contributed by atoms with E-state index < -0.39 is 11.9 Å². The van der Waals surface area contributed by atoms with Crippen molar-refractivity contribution in [3.63, 3.8) is 0 Å². The van der Waals surface area contributed by atoms with Gasteiger partial charge in [-0.1, -0.05) is 0 Å². The Morgan fingerprint density at radius 1 is 1.21 bits per heavy atom. The van der Waals surface area contributed by atoms with Gasteiger partial charge in [-0.25, -0.2) is 0 Å². The van der Waals surface area contributed by atoms with E-state index in [2.05, 4.69) is 0 Å². The van der Waals surface area contributed by atoms with Crippen LogP contribution in [0.25, 0.3) is 0 Å².